The highest BCUT2D eigenvalue weighted by molar-refractivity contribution is 14.0. The third-order valence-corrected chi connectivity index (χ3v) is 5.58. The summed E-state index contributed by atoms with van der Waals surface area (Å²) in [6.45, 7) is 3.93. The molecule has 28 heavy (non-hydrogen) atoms. The van der Waals surface area contributed by atoms with Gasteiger partial charge in [0.2, 0.25) is 5.91 Å². The van der Waals surface area contributed by atoms with Gasteiger partial charge in [0.15, 0.2) is 5.96 Å². The molecule has 2 saturated carbocycles. The number of aliphatic imine (C=N–C) groups is 1. The summed E-state index contributed by atoms with van der Waals surface area (Å²) in [5.41, 5.74) is 0. The molecule has 2 aliphatic carbocycles. The average molecular weight is 502 g/mol. The van der Waals surface area contributed by atoms with Crippen LogP contribution in [-0.4, -0.2) is 47.1 Å². The Morgan fingerprint density at radius 2 is 2.04 bits per heavy atom. The van der Waals surface area contributed by atoms with Gasteiger partial charge in [-0.2, -0.15) is 0 Å². The molecule has 0 radical (unpaired) electrons. The van der Waals surface area contributed by atoms with Crippen LogP contribution < -0.4 is 16.0 Å². The molecule has 3 rings (SSSR count). The fourth-order valence-electron chi connectivity index (χ4n) is 3.75. The van der Waals surface area contributed by atoms with E-state index < -0.39 is 0 Å². The van der Waals surface area contributed by atoms with Crippen molar-refractivity contribution in [2.24, 2.45) is 10.9 Å². The van der Waals surface area contributed by atoms with Gasteiger partial charge in [0.1, 0.15) is 5.82 Å². The Balaban J connectivity index is 0.00000280. The number of nitrogens with zero attached hydrogens (tertiary/aromatic N) is 3. The first-order chi connectivity index (χ1) is 13.2. The minimum Gasteiger partial charge on any atom is -0.356 e. The highest BCUT2D eigenvalue weighted by Gasteiger charge is 2.31. The van der Waals surface area contributed by atoms with Crippen LogP contribution in [0.1, 0.15) is 57.2 Å². The molecule has 7 nitrogen and oxygen atoms in total. The van der Waals surface area contributed by atoms with Crippen LogP contribution in [0.3, 0.4) is 0 Å². The molecule has 1 heterocycles. The molecule has 158 valence electrons. The summed E-state index contributed by atoms with van der Waals surface area (Å²) in [7, 11) is 1.81. The molecular formula is C20H35IN6O. The highest BCUT2D eigenvalue weighted by Crippen LogP contribution is 2.26. The van der Waals surface area contributed by atoms with Crippen LogP contribution in [0.2, 0.25) is 0 Å². The molecule has 1 aromatic rings. The number of rotatable bonds is 8. The molecule has 2 unspecified atom stereocenters. The normalized spacial score (nSPS) is 22.3. The second-order valence-corrected chi connectivity index (χ2v) is 7.86. The van der Waals surface area contributed by atoms with E-state index in [0.29, 0.717) is 12.1 Å². The molecule has 2 atom stereocenters. The van der Waals surface area contributed by atoms with Gasteiger partial charge in [-0.3, -0.25) is 9.79 Å². The summed E-state index contributed by atoms with van der Waals surface area (Å²) in [6.07, 6.45) is 12.5. The van der Waals surface area contributed by atoms with Crippen molar-refractivity contribution < 1.29 is 4.79 Å². The lowest BCUT2D eigenvalue weighted by atomic mass is 9.85. The second kappa shape index (κ2) is 11.6. The summed E-state index contributed by atoms with van der Waals surface area (Å²) in [5.74, 6) is 2.31. The van der Waals surface area contributed by atoms with Crippen molar-refractivity contribution in [3.05, 3.63) is 18.2 Å². The van der Waals surface area contributed by atoms with Gasteiger partial charge in [0, 0.05) is 50.5 Å². The van der Waals surface area contributed by atoms with Crippen LogP contribution in [0.5, 0.6) is 0 Å². The van der Waals surface area contributed by atoms with Crippen molar-refractivity contribution in [3.8, 4) is 0 Å². The lowest BCUT2D eigenvalue weighted by Crippen LogP contribution is -2.47. The monoisotopic (exact) mass is 502 g/mol. The van der Waals surface area contributed by atoms with E-state index in [1.165, 1.54) is 0 Å². The Labute approximate surface area is 185 Å². The molecule has 0 spiro atoms. The van der Waals surface area contributed by atoms with Crippen LogP contribution in [0.25, 0.3) is 0 Å². The first-order valence-corrected chi connectivity index (χ1v) is 10.4. The number of amides is 1. The van der Waals surface area contributed by atoms with Gasteiger partial charge in [0.25, 0.3) is 0 Å². The van der Waals surface area contributed by atoms with Crippen molar-refractivity contribution in [1.29, 1.82) is 0 Å². The molecule has 0 aliphatic heterocycles. The second-order valence-electron chi connectivity index (χ2n) is 7.86. The van der Waals surface area contributed by atoms with E-state index in [4.69, 9.17) is 0 Å². The highest BCUT2D eigenvalue weighted by atomic mass is 127. The van der Waals surface area contributed by atoms with Crippen molar-refractivity contribution in [2.45, 2.75) is 76.9 Å². The zero-order valence-corrected chi connectivity index (χ0v) is 19.4. The fraction of sp³-hybridized carbons (Fsp3) is 0.750. The number of guanidine groups is 1. The zero-order valence-electron chi connectivity index (χ0n) is 17.1. The van der Waals surface area contributed by atoms with E-state index >= 15 is 0 Å². The third-order valence-electron chi connectivity index (χ3n) is 5.58. The van der Waals surface area contributed by atoms with Crippen LogP contribution in [0.4, 0.5) is 0 Å². The number of imidazole rings is 1. The van der Waals surface area contributed by atoms with Gasteiger partial charge in [0.05, 0.1) is 0 Å². The van der Waals surface area contributed by atoms with Crippen LogP contribution in [-0.2, 0) is 11.3 Å². The zero-order chi connectivity index (χ0) is 19.1. The van der Waals surface area contributed by atoms with Gasteiger partial charge in [-0.25, -0.2) is 4.98 Å². The molecule has 0 bridgehead atoms. The minimum atomic E-state index is 0. The summed E-state index contributed by atoms with van der Waals surface area (Å²) >= 11 is 0. The van der Waals surface area contributed by atoms with E-state index in [1.807, 2.05) is 26.4 Å². The summed E-state index contributed by atoms with van der Waals surface area (Å²) < 4.78 is 2.18. The Bertz CT molecular complexity index is 642. The number of aryl methyl sites for hydroxylation is 2. The van der Waals surface area contributed by atoms with Crippen LogP contribution in [0, 0.1) is 12.8 Å². The number of nitrogens with one attached hydrogen (secondary N) is 3. The van der Waals surface area contributed by atoms with Gasteiger partial charge in [-0.1, -0.05) is 6.42 Å². The maximum atomic E-state index is 12.3. The van der Waals surface area contributed by atoms with Crippen LogP contribution >= 0.6 is 24.0 Å². The Morgan fingerprint density at radius 3 is 2.71 bits per heavy atom. The Hall–Kier alpha value is -1.32. The Morgan fingerprint density at radius 1 is 1.21 bits per heavy atom. The van der Waals surface area contributed by atoms with E-state index in [9.17, 15) is 4.79 Å². The van der Waals surface area contributed by atoms with E-state index in [1.54, 1.807) is 0 Å². The van der Waals surface area contributed by atoms with Crippen molar-refractivity contribution in [1.82, 2.24) is 25.5 Å². The van der Waals surface area contributed by atoms with Gasteiger partial charge in [-0.15, -0.1) is 24.0 Å². The first kappa shape index (κ1) is 23.0. The average Bonchev–Trinajstić information content (AvgIpc) is 3.40. The number of hydrogen-bond acceptors (Lipinski definition) is 3. The minimum absolute atomic E-state index is 0. The molecule has 1 aromatic heterocycles. The van der Waals surface area contributed by atoms with Crippen molar-refractivity contribution >= 4 is 35.8 Å². The Kier molecular flexibility index (Phi) is 9.53. The van der Waals surface area contributed by atoms with Crippen molar-refractivity contribution in [2.75, 3.05) is 13.6 Å². The maximum absolute atomic E-state index is 12.3. The lowest BCUT2D eigenvalue weighted by Gasteiger charge is -2.30. The van der Waals surface area contributed by atoms with E-state index in [2.05, 4.69) is 30.5 Å². The lowest BCUT2D eigenvalue weighted by molar-refractivity contribution is -0.126. The van der Waals surface area contributed by atoms with Crippen molar-refractivity contribution in [3.63, 3.8) is 0 Å². The number of halogens is 1. The molecule has 3 N–H and O–H groups in total. The molecule has 2 aliphatic rings. The summed E-state index contributed by atoms with van der Waals surface area (Å²) in [5, 5.41) is 10.1. The number of hydrogen-bond donors (Lipinski definition) is 3. The van der Waals surface area contributed by atoms with E-state index in [-0.39, 0.29) is 35.8 Å². The van der Waals surface area contributed by atoms with Crippen LogP contribution in [0.15, 0.2) is 17.4 Å². The summed E-state index contributed by atoms with van der Waals surface area (Å²) in [6, 6.07) is 0.778. The third kappa shape index (κ3) is 7.25. The molecule has 0 saturated heterocycles. The van der Waals surface area contributed by atoms with Gasteiger partial charge < -0.3 is 20.5 Å². The number of carbonyl (C=O) groups excluding carboxylic acids is 1. The van der Waals surface area contributed by atoms with Gasteiger partial charge in [-0.05, 0) is 51.9 Å². The smallest absolute Gasteiger partial charge is 0.223 e. The first-order valence-electron chi connectivity index (χ1n) is 10.4. The summed E-state index contributed by atoms with van der Waals surface area (Å²) in [4.78, 5) is 20.9. The number of unbranched alkanes of at least 4 members (excludes halogenated alkanes) is 1. The predicted octanol–water partition coefficient (Wildman–Crippen LogP) is 2.59. The fourth-order valence-corrected chi connectivity index (χ4v) is 3.75. The number of carbonyl (C=O) groups is 1. The SMILES string of the molecule is CN=C(NCCCCn1ccnc1C)NC1CCCC(C(=O)NC2CC2)C1.I. The van der Waals surface area contributed by atoms with E-state index in [0.717, 1.165) is 76.2 Å². The van der Waals surface area contributed by atoms with Gasteiger partial charge >= 0.3 is 0 Å². The standard InChI is InChI=1S/C20H34N6O.HI/c1-15-22-11-13-26(15)12-4-3-10-23-20(21-2)25-18-7-5-6-16(14-18)19(27)24-17-8-9-17;/h11,13,16-18H,3-10,12,14H2,1-2H3,(H,24,27)(H2,21,23,25);1H. The molecule has 1 amide bonds. The molecular weight excluding hydrogens is 467 g/mol. The quantitative estimate of drug-likeness (QED) is 0.221. The topological polar surface area (TPSA) is 83.3 Å². The maximum Gasteiger partial charge on any atom is 0.223 e. The predicted molar refractivity (Wildman–Crippen MR) is 123 cm³/mol. The number of aromatic nitrogens is 2. The molecule has 8 heteroatoms. The largest absolute Gasteiger partial charge is 0.356 e. The molecule has 0 aromatic carbocycles. The molecule has 2 fully saturated rings.